The lowest BCUT2D eigenvalue weighted by Gasteiger charge is -2.45. The van der Waals surface area contributed by atoms with Gasteiger partial charge in [-0.15, -0.1) is 0 Å². The Hall–Kier alpha value is -0.120. The molecule has 0 radical (unpaired) electrons. The van der Waals surface area contributed by atoms with Gasteiger partial charge in [0.15, 0.2) is 0 Å². The lowest BCUT2D eigenvalue weighted by Crippen LogP contribution is -2.56. The normalized spacial score (nSPS) is 41.7. The minimum atomic E-state index is -0.193. The van der Waals surface area contributed by atoms with Gasteiger partial charge in [-0.25, -0.2) is 0 Å². The molecule has 60 valence electrons. The maximum Gasteiger partial charge on any atom is 0.0986 e. The molecule has 3 heteroatoms. The summed E-state index contributed by atoms with van der Waals surface area (Å²) in [6.07, 6.45) is 2.27. The molecule has 0 aromatic rings. The summed E-state index contributed by atoms with van der Waals surface area (Å²) in [5.41, 5.74) is 2.79. The molecule has 0 aromatic carbocycles. The minimum Gasteiger partial charge on any atom is -0.612 e. The molecule has 2 atom stereocenters. The van der Waals surface area contributed by atoms with E-state index in [0.717, 1.165) is 19.5 Å². The molecular formula is C7H16N2O. The van der Waals surface area contributed by atoms with E-state index in [1.54, 1.807) is 7.05 Å². The van der Waals surface area contributed by atoms with Crippen molar-refractivity contribution in [1.82, 2.24) is 5.43 Å². The highest BCUT2D eigenvalue weighted by Gasteiger charge is 2.23. The van der Waals surface area contributed by atoms with Crippen LogP contribution in [-0.4, -0.2) is 24.9 Å². The molecule has 1 fully saturated rings. The van der Waals surface area contributed by atoms with Crippen LogP contribution in [0.4, 0.5) is 0 Å². The monoisotopic (exact) mass is 144 g/mol. The SMILES string of the molecule is CN[N+]1([O-])CCCC(C)C1. The van der Waals surface area contributed by atoms with Crippen LogP contribution in [0.3, 0.4) is 0 Å². The van der Waals surface area contributed by atoms with Crippen LogP contribution in [0.1, 0.15) is 19.8 Å². The molecule has 1 N–H and O–H groups in total. The molecule has 0 saturated carbocycles. The Balaban J connectivity index is 2.45. The van der Waals surface area contributed by atoms with Crippen LogP contribution in [0.5, 0.6) is 0 Å². The van der Waals surface area contributed by atoms with Crippen LogP contribution in [0.25, 0.3) is 0 Å². The number of piperidine rings is 1. The topological polar surface area (TPSA) is 35.1 Å². The second-order valence-corrected chi connectivity index (χ2v) is 3.27. The molecular weight excluding hydrogens is 128 g/mol. The first-order valence-corrected chi connectivity index (χ1v) is 3.93. The smallest absolute Gasteiger partial charge is 0.0986 e. The van der Waals surface area contributed by atoms with Gasteiger partial charge in [0.25, 0.3) is 0 Å². The number of rotatable bonds is 1. The Kier molecular flexibility index (Phi) is 2.28. The van der Waals surface area contributed by atoms with Gasteiger partial charge in [0.2, 0.25) is 0 Å². The van der Waals surface area contributed by atoms with Gasteiger partial charge in [-0.2, -0.15) is 5.43 Å². The second kappa shape index (κ2) is 2.86. The van der Waals surface area contributed by atoms with E-state index in [4.69, 9.17) is 0 Å². The zero-order valence-corrected chi connectivity index (χ0v) is 6.76. The summed E-state index contributed by atoms with van der Waals surface area (Å²) in [4.78, 5) is 0. The van der Waals surface area contributed by atoms with E-state index in [1.807, 2.05) is 0 Å². The van der Waals surface area contributed by atoms with Gasteiger partial charge < -0.3 is 5.21 Å². The van der Waals surface area contributed by atoms with Crippen LogP contribution >= 0.6 is 0 Å². The summed E-state index contributed by atoms with van der Waals surface area (Å²) in [6.45, 7) is 3.61. The largest absolute Gasteiger partial charge is 0.612 e. The number of nitrogens with one attached hydrogen (secondary N) is 1. The first-order valence-electron chi connectivity index (χ1n) is 3.93. The Morgan fingerprint density at radius 2 is 2.30 bits per heavy atom. The molecule has 1 saturated heterocycles. The standard InChI is InChI=1S/C7H16N2O/c1-7-4-3-5-9(10,6-7)8-2/h7-8H,3-6H2,1-2H3. The molecule has 2 unspecified atom stereocenters. The van der Waals surface area contributed by atoms with E-state index in [1.165, 1.54) is 6.42 Å². The van der Waals surface area contributed by atoms with Crippen molar-refractivity contribution in [1.29, 1.82) is 0 Å². The molecule has 1 heterocycles. The third-order valence-electron chi connectivity index (χ3n) is 2.23. The van der Waals surface area contributed by atoms with Gasteiger partial charge in [-0.1, -0.05) is 6.92 Å². The van der Waals surface area contributed by atoms with Crippen LogP contribution < -0.4 is 5.43 Å². The van der Waals surface area contributed by atoms with Gasteiger partial charge in [-0.05, 0) is 12.8 Å². The molecule has 1 aliphatic heterocycles. The van der Waals surface area contributed by atoms with Crippen LogP contribution in [0, 0.1) is 11.1 Å². The summed E-state index contributed by atoms with van der Waals surface area (Å²) in [5.74, 6) is 0.582. The average Bonchev–Trinajstić information content (AvgIpc) is 1.88. The van der Waals surface area contributed by atoms with Crippen LogP contribution in [0.2, 0.25) is 0 Å². The maximum atomic E-state index is 11.5. The lowest BCUT2D eigenvalue weighted by atomic mass is 10.0. The van der Waals surface area contributed by atoms with E-state index in [9.17, 15) is 5.21 Å². The van der Waals surface area contributed by atoms with Crippen molar-refractivity contribution < 1.29 is 4.76 Å². The Morgan fingerprint density at radius 1 is 1.60 bits per heavy atom. The first-order chi connectivity index (χ1) is 4.66. The summed E-state index contributed by atoms with van der Waals surface area (Å²) in [7, 11) is 1.74. The third kappa shape index (κ3) is 1.68. The Bertz CT molecular complexity index is 118. The predicted octanol–water partition coefficient (Wildman–Crippen LogP) is 0.865. The summed E-state index contributed by atoms with van der Waals surface area (Å²) >= 11 is 0. The van der Waals surface area contributed by atoms with Gasteiger partial charge in [0.05, 0.1) is 13.1 Å². The Labute approximate surface area is 62.2 Å². The molecule has 1 aliphatic rings. The maximum absolute atomic E-state index is 11.5. The molecule has 0 amide bonds. The van der Waals surface area contributed by atoms with Crippen molar-refractivity contribution in [2.75, 3.05) is 20.1 Å². The number of quaternary nitrogens is 1. The fourth-order valence-corrected chi connectivity index (χ4v) is 1.58. The van der Waals surface area contributed by atoms with Crippen molar-refractivity contribution in [3.05, 3.63) is 5.21 Å². The zero-order chi connectivity index (χ0) is 7.61. The number of nitrogens with zero attached hydrogens (tertiary/aromatic N) is 1. The number of hydrogen-bond donors (Lipinski definition) is 1. The summed E-state index contributed by atoms with van der Waals surface area (Å²) in [6, 6.07) is 0. The van der Waals surface area contributed by atoms with E-state index in [2.05, 4.69) is 12.3 Å². The van der Waals surface area contributed by atoms with Gasteiger partial charge >= 0.3 is 0 Å². The van der Waals surface area contributed by atoms with E-state index < -0.39 is 0 Å². The van der Waals surface area contributed by atoms with Crippen LogP contribution in [-0.2, 0) is 0 Å². The highest BCUT2D eigenvalue weighted by molar-refractivity contribution is 4.58. The summed E-state index contributed by atoms with van der Waals surface area (Å²) in [5, 5.41) is 11.5. The molecule has 0 aromatic heterocycles. The average molecular weight is 144 g/mol. The molecule has 0 spiro atoms. The molecule has 10 heavy (non-hydrogen) atoms. The zero-order valence-electron chi connectivity index (χ0n) is 6.76. The van der Waals surface area contributed by atoms with Gasteiger partial charge in [0, 0.05) is 13.0 Å². The van der Waals surface area contributed by atoms with Crippen molar-refractivity contribution in [3.63, 3.8) is 0 Å². The van der Waals surface area contributed by atoms with Crippen LogP contribution in [0.15, 0.2) is 0 Å². The highest BCUT2D eigenvalue weighted by atomic mass is 16.6. The fraction of sp³-hybridized carbons (Fsp3) is 1.00. The van der Waals surface area contributed by atoms with Crippen molar-refractivity contribution in [2.45, 2.75) is 19.8 Å². The van der Waals surface area contributed by atoms with Gasteiger partial charge in [-0.3, -0.25) is 4.76 Å². The minimum absolute atomic E-state index is 0.193. The predicted molar refractivity (Wildman–Crippen MR) is 40.8 cm³/mol. The third-order valence-corrected chi connectivity index (χ3v) is 2.23. The fourth-order valence-electron chi connectivity index (χ4n) is 1.58. The van der Waals surface area contributed by atoms with E-state index in [-0.39, 0.29) is 4.76 Å². The van der Waals surface area contributed by atoms with Crippen molar-refractivity contribution in [3.8, 4) is 0 Å². The molecule has 0 bridgehead atoms. The number of hydroxylamine groups is 2. The number of hydrogen-bond acceptors (Lipinski definition) is 2. The first kappa shape index (κ1) is 7.98. The van der Waals surface area contributed by atoms with Gasteiger partial charge in [0.1, 0.15) is 0 Å². The van der Waals surface area contributed by atoms with Crippen molar-refractivity contribution in [2.24, 2.45) is 5.92 Å². The summed E-state index contributed by atoms with van der Waals surface area (Å²) < 4.78 is -0.193. The lowest BCUT2D eigenvalue weighted by molar-refractivity contribution is -0.929. The van der Waals surface area contributed by atoms with E-state index in [0.29, 0.717) is 5.92 Å². The quantitative estimate of drug-likeness (QED) is 0.437. The Morgan fingerprint density at radius 3 is 2.70 bits per heavy atom. The van der Waals surface area contributed by atoms with Crippen molar-refractivity contribution >= 4 is 0 Å². The second-order valence-electron chi connectivity index (χ2n) is 3.27. The highest BCUT2D eigenvalue weighted by Crippen LogP contribution is 2.18. The van der Waals surface area contributed by atoms with E-state index >= 15 is 0 Å². The molecule has 1 rings (SSSR count). The molecule has 0 aliphatic carbocycles. The molecule has 3 nitrogen and oxygen atoms in total.